The Hall–Kier alpha value is 1.16. The molecule has 3 heteroatoms. The van der Waals surface area contributed by atoms with Gasteiger partial charge >= 0.3 is 0 Å². The van der Waals surface area contributed by atoms with Gasteiger partial charge in [-0.3, -0.25) is 0 Å². The molecule has 0 atom stereocenters. The molecule has 0 saturated carbocycles. The van der Waals surface area contributed by atoms with Crippen LogP contribution in [0.4, 0.5) is 0 Å². The van der Waals surface area contributed by atoms with Crippen LogP contribution in [0, 0.1) is 0 Å². The maximum Gasteiger partial charge on any atom is -0.00210 e. The fourth-order valence-electron chi connectivity index (χ4n) is 0.192. The summed E-state index contributed by atoms with van der Waals surface area (Å²) in [6, 6.07) is 0. The topological polar surface area (TPSA) is 26.0 Å². The van der Waals surface area contributed by atoms with E-state index in [1.807, 2.05) is 4.08 Å². The van der Waals surface area contributed by atoms with Crippen molar-refractivity contribution in [3.63, 3.8) is 0 Å². The van der Waals surface area contributed by atoms with E-state index in [9.17, 15) is 0 Å². The van der Waals surface area contributed by atoms with E-state index in [1.165, 1.54) is 3.58 Å². The summed E-state index contributed by atoms with van der Waals surface area (Å²) in [7, 11) is 0. The number of halogens is 2. The van der Waals surface area contributed by atoms with Crippen LogP contribution in [0.3, 0.4) is 0 Å². The predicted molar refractivity (Wildman–Crippen MR) is 49.8 cm³/mol. The molecule has 42 valence electrons. The van der Waals surface area contributed by atoms with Crippen LogP contribution in [0.15, 0.2) is 7.66 Å². The average molecular weight is 323 g/mol. The molecule has 0 aliphatic rings. The molecule has 0 radical (unpaired) electrons. The maximum atomic E-state index is 5.26. The van der Waals surface area contributed by atoms with Gasteiger partial charge in [-0.1, -0.05) is 22.6 Å². The van der Waals surface area contributed by atoms with Crippen LogP contribution in [-0.4, -0.2) is 6.54 Å². The highest BCUT2D eigenvalue weighted by molar-refractivity contribution is 14.1. The van der Waals surface area contributed by atoms with Crippen molar-refractivity contribution in [3.05, 3.63) is 7.66 Å². The van der Waals surface area contributed by atoms with Gasteiger partial charge in [0.25, 0.3) is 0 Å². The molecule has 0 aliphatic carbocycles. The van der Waals surface area contributed by atoms with Crippen molar-refractivity contribution in [1.82, 2.24) is 0 Å². The fourth-order valence-corrected chi connectivity index (χ4v) is 0.815. The predicted octanol–water partition coefficient (Wildman–Crippen LogP) is 2.05. The van der Waals surface area contributed by atoms with Crippen LogP contribution >= 0.6 is 45.2 Å². The van der Waals surface area contributed by atoms with Crippen molar-refractivity contribution in [1.29, 1.82) is 0 Å². The minimum absolute atomic E-state index is 0.762. The van der Waals surface area contributed by atoms with E-state index >= 15 is 0 Å². The van der Waals surface area contributed by atoms with Crippen molar-refractivity contribution in [2.75, 3.05) is 6.54 Å². The fraction of sp³-hybridized carbons (Fsp3) is 0.500. The maximum absolute atomic E-state index is 5.26. The van der Waals surface area contributed by atoms with Crippen LogP contribution in [-0.2, 0) is 0 Å². The molecule has 0 aromatic heterocycles. The summed E-state index contributed by atoms with van der Waals surface area (Å²) in [6.07, 6.45) is 1.02. The van der Waals surface area contributed by atoms with Crippen LogP contribution in [0.5, 0.6) is 0 Å². The van der Waals surface area contributed by atoms with E-state index in [0.29, 0.717) is 0 Å². The molecule has 0 bridgehead atoms. The Balaban J connectivity index is 3.17. The van der Waals surface area contributed by atoms with Crippen molar-refractivity contribution >= 4 is 45.2 Å². The van der Waals surface area contributed by atoms with E-state index in [4.69, 9.17) is 5.73 Å². The van der Waals surface area contributed by atoms with Gasteiger partial charge in [-0.25, -0.2) is 0 Å². The van der Waals surface area contributed by atoms with Crippen LogP contribution in [0.1, 0.15) is 6.42 Å². The first kappa shape index (κ1) is 8.16. The molecule has 0 heterocycles. The van der Waals surface area contributed by atoms with Gasteiger partial charge in [-0.05, 0) is 43.2 Å². The minimum atomic E-state index is 0.762. The minimum Gasteiger partial charge on any atom is -0.330 e. The van der Waals surface area contributed by atoms with Gasteiger partial charge in [-0.2, -0.15) is 0 Å². The zero-order chi connectivity index (χ0) is 5.70. The highest BCUT2D eigenvalue weighted by Crippen LogP contribution is 2.11. The molecule has 0 aromatic carbocycles. The molecule has 0 unspecified atom stereocenters. The number of rotatable bonds is 2. The summed E-state index contributed by atoms with van der Waals surface area (Å²) in [5, 5.41) is 0. The molecular formula is C4H7I2N. The van der Waals surface area contributed by atoms with Crippen LogP contribution in [0.25, 0.3) is 0 Å². The molecule has 0 amide bonds. The third-order valence-corrected chi connectivity index (χ3v) is 3.30. The molecule has 1 nitrogen and oxygen atoms in total. The third-order valence-electron chi connectivity index (χ3n) is 0.502. The zero-order valence-electron chi connectivity index (χ0n) is 3.82. The largest absolute Gasteiger partial charge is 0.330 e. The number of hydrogen-bond acceptors (Lipinski definition) is 1. The molecule has 0 aliphatic heterocycles. The lowest BCUT2D eigenvalue weighted by atomic mass is 10.4. The van der Waals surface area contributed by atoms with Crippen molar-refractivity contribution < 1.29 is 0 Å². The lowest BCUT2D eigenvalue weighted by molar-refractivity contribution is 1.01. The van der Waals surface area contributed by atoms with Gasteiger partial charge in [0.15, 0.2) is 0 Å². The Bertz CT molecular complexity index is 70.1. The van der Waals surface area contributed by atoms with Gasteiger partial charge in [0.2, 0.25) is 0 Å². The van der Waals surface area contributed by atoms with Crippen molar-refractivity contribution in [2.24, 2.45) is 5.73 Å². The molecule has 0 saturated heterocycles. The van der Waals surface area contributed by atoms with E-state index in [2.05, 4.69) is 45.2 Å². The van der Waals surface area contributed by atoms with Crippen molar-refractivity contribution in [2.45, 2.75) is 6.42 Å². The Morgan fingerprint density at radius 3 is 2.43 bits per heavy atom. The summed E-state index contributed by atoms with van der Waals surface area (Å²) in [5.74, 6) is 0. The normalized spacial score (nSPS) is 12.1. The van der Waals surface area contributed by atoms with E-state index < -0.39 is 0 Å². The second-order valence-electron chi connectivity index (χ2n) is 1.09. The summed E-state index contributed by atoms with van der Waals surface area (Å²) in [4.78, 5) is 0. The molecular weight excluding hydrogens is 316 g/mol. The quantitative estimate of drug-likeness (QED) is 0.774. The number of nitrogens with two attached hydrogens (primary N) is 1. The third kappa shape index (κ3) is 5.02. The Morgan fingerprint density at radius 1 is 1.71 bits per heavy atom. The summed E-state index contributed by atoms with van der Waals surface area (Å²) >= 11 is 4.49. The van der Waals surface area contributed by atoms with Gasteiger partial charge in [0, 0.05) is 0 Å². The standard InChI is InChI=1S/C4H7I2N/c5-3-4(6)1-2-7/h3H,1-2,7H2/b4-3+. The van der Waals surface area contributed by atoms with Crippen molar-refractivity contribution in [3.8, 4) is 0 Å². The molecule has 0 fully saturated rings. The molecule has 0 aromatic rings. The van der Waals surface area contributed by atoms with E-state index in [1.54, 1.807) is 0 Å². The molecule has 0 spiro atoms. The highest BCUT2D eigenvalue weighted by Gasteiger charge is 1.83. The van der Waals surface area contributed by atoms with Gasteiger partial charge in [-0.15, -0.1) is 0 Å². The van der Waals surface area contributed by atoms with Crippen LogP contribution < -0.4 is 5.73 Å². The molecule has 0 rings (SSSR count). The lowest BCUT2D eigenvalue weighted by Crippen LogP contribution is -1.96. The van der Waals surface area contributed by atoms with Gasteiger partial charge in [0.05, 0.1) is 0 Å². The second-order valence-corrected chi connectivity index (χ2v) is 3.10. The summed E-state index contributed by atoms with van der Waals surface area (Å²) in [6.45, 7) is 0.762. The molecule has 2 N–H and O–H groups in total. The molecule has 7 heavy (non-hydrogen) atoms. The van der Waals surface area contributed by atoms with E-state index in [-0.39, 0.29) is 0 Å². The SMILES string of the molecule is NCC/C(I)=C\I. The average Bonchev–Trinajstić information content (AvgIpc) is 1.68. The smallest absolute Gasteiger partial charge is 0.00210 e. The Morgan fingerprint density at radius 2 is 2.29 bits per heavy atom. The summed E-state index contributed by atoms with van der Waals surface area (Å²) < 4.78 is 3.38. The zero-order valence-corrected chi connectivity index (χ0v) is 8.14. The first-order chi connectivity index (χ1) is 3.31. The first-order valence-corrected chi connectivity index (χ1v) is 4.28. The van der Waals surface area contributed by atoms with Crippen LogP contribution in [0.2, 0.25) is 0 Å². The first-order valence-electron chi connectivity index (χ1n) is 1.96. The lowest BCUT2D eigenvalue weighted by Gasteiger charge is -1.88. The van der Waals surface area contributed by atoms with Gasteiger partial charge < -0.3 is 5.73 Å². The highest BCUT2D eigenvalue weighted by atomic mass is 127. The monoisotopic (exact) mass is 323 g/mol. The Labute approximate surface area is 71.0 Å². The van der Waals surface area contributed by atoms with E-state index in [0.717, 1.165) is 13.0 Å². The summed E-state index contributed by atoms with van der Waals surface area (Å²) in [5.41, 5.74) is 5.26. The Kier molecular flexibility index (Phi) is 6.18. The second kappa shape index (κ2) is 5.30. The number of hydrogen-bond donors (Lipinski definition) is 1. The van der Waals surface area contributed by atoms with Gasteiger partial charge in [0.1, 0.15) is 0 Å².